The summed E-state index contributed by atoms with van der Waals surface area (Å²) in [5, 5.41) is 0. The lowest BCUT2D eigenvalue weighted by Crippen LogP contribution is -2.39. The second kappa shape index (κ2) is 4.59. The molecule has 1 heterocycles. The monoisotopic (exact) mass is 252 g/mol. The summed E-state index contributed by atoms with van der Waals surface area (Å²) in [5.41, 5.74) is 6.21. The van der Waals surface area contributed by atoms with E-state index in [-0.39, 0.29) is 6.04 Å². The van der Waals surface area contributed by atoms with Crippen LogP contribution in [0.4, 0.5) is 8.78 Å². The molecule has 3 unspecified atom stereocenters. The number of nitrogens with zero attached hydrogens (tertiary/aromatic N) is 1. The molecule has 1 aliphatic carbocycles. The highest BCUT2D eigenvalue weighted by atomic mass is 19.2. The molecule has 2 aliphatic rings. The normalized spacial score (nSPS) is 28.8. The van der Waals surface area contributed by atoms with Gasteiger partial charge in [-0.3, -0.25) is 4.90 Å². The Morgan fingerprint density at radius 1 is 1.33 bits per heavy atom. The number of halogens is 2. The van der Waals surface area contributed by atoms with Crippen LogP contribution in [0.15, 0.2) is 18.2 Å². The number of benzene rings is 1. The molecule has 2 fully saturated rings. The zero-order chi connectivity index (χ0) is 12.7. The zero-order valence-corrected chi connectivity index (χ0v) is 10.3. The van der Waals surface area contributed by atoms with Gasteiger partial charge in [-0.15, -0.1) is 0 Å². The molecule has 4 heteroatoms. The zero-order valence-electron chi connectivity index (χ0n) is 10.3. The molecule has 1 aromatic rings. The Balaban J connectivity index is 1.90. The van der Waals surface area contributed by atoms with Gasteiger partial charge in [-0.05, 0) is 31.2 Å². The molecule has 0 aromatic heterocycles. The Morgan fingerprint density at radius 2 is 2.17 bits per heavy atom. The maximum absolute atomic E-state index is 13.9. The molecule has 0 radical (unpaired) electrons. The van der Waals surface area contributed by atoms with E-state index in [2.05, 4.69) is 4.90 Å². The van der Waals surface area contributed by atoms with Crippen molar-refractivity contribution in [2.75, 3.05) is 13.1 Å². The third-order valence-electron chi connectivity index (χ3n) is 4.42. The summed E-state index contributed by atoms with van der Waals surface area (Å²) in [6, 6.07) is 4.69. The van der Waals surface area contributed by atoms with Gasteiger partial charge in [0.05, 0.1) is 6.04 Å². The van der Waals surface area contributed by atoms with Gasteiger partial charge in [0.2, 0.25) is 0 Å². The summed E-state index contributed by atoms with van der Waals surface area (Å²) in [7, 11) is 0. The van der Waals surface area contributed by atoms with Crippen molar-refractivity contribution in [1.29, 1.82) is 0 Å². The average molecular weight is 252 g/mol. The van der Waals surface area contributed by atoms with E-state index < -0.39 is 11.6 Å². The maximum Gasteiger partial charge on any atom is 0.163 e. The van der Waals surface area contributed by atoms with E-state index in [0.29, 0.717) is 18.2 Å². The number of likely N-dealkylation sites (tertiary alicyclic amines) is 1. The van der Waals surface area contributed by atoms with Crippen molar-refractivity contribution >= 4 is 0 Å². The highest BCUT2D eigenvalue weighted by molar-refractivity contribution is 5.24. The van der Waals surface area contributed by atoms with Crippen molar-refractivity contribution < 1.29 is 8.78 Å². The van der Waals surface area contributed by atoms with Gasteiger partial charge in [0.15, 0.2) is 11.6 Å². The van der Waals surface area contributed by atoms with Gasteiger partial charge < -0.3 is 5.73 Å². The van der Waals surface area contributed by atoms with Gasteiger partial charge in [0.25, 0.3) is 0 Å². The van der Waals surface area contributed by atoms with Crippen LogP contribution in [0, 0.1) is 17.6 Å². The topological polar surface area (TPSA) is 29.3 Å². The molecule has 1 aliphatic heterocycles. The molecule has 1 saturated carbocycles. The molecule has 2 N–H and O–H groups in total. The van der Waals surface area contributed by atoms with Crippen molar-refractivity contribution in [3.63, 3.8) is 0 Å². The van der Waals surface area contributed by atoms with Crippen molar-refractivity contribution in [3.8, 4) is 0 Å². The van der Waals surface area contributed by atoms with Crippen LogP contribution in [0.5, 0.6) is 0 Å². The number of fused-ring (bicyclic) bond motifs is 2. The van der Waals surface area contributed by atoms with Crippen molar-refractivity contribution in [1.82, 2.24) is 4.90 Å². The van der Waals surface area contributed by atoms with E-state index in [1.165, 1.54) is 12.8 Å². The lowest BCUT2D eigenvalue weighted by atomic mass is 10.0. The Morgan fingerprint density at radius 3 is 2.78 bits per heavy atom. The molecule has 0 amide bonds. The summed E-state index contributed by atoms with van der Waals surface area (Å²) in [4.78, 5) is 2.27. The predicted octanol–water partition coefficient (Wildman–Crippen LogP) is 2.45. The summed E-state index contributed by atoms with van der Waals surface area (Å²) >= 11 is 0. The van der Waals surface area contributed by atoms with Crippen molar-refractivity contribution in [3.05, 3.63) is 35.4 Å². The van der Waals surface area contributed by atoms with Gasteiger partial charge in [0.1, 0.15) is 0 Å². The third-order valence-corrected chi connectivity index (χ3v) is 4.42. The second-order valence-electron chi connectivity index (χ2n) is 5.42. The standard InChI is InChI=1S/C14H18F2N2/c15-12-3-1-2-11(14(12)16)13(7-17)18-8-9-4-5-10(18)6-9/h1-3,9-10,13H,4-8,17H2. The van der Waals surface area contributed by atoms with E-state index in [0.717, 1.165) is 24.9 Å². The van der Waals surface area contributed by atoms with Gasteiger partial charge in [-0.1, -0.05) is 12.1 Å². The first-order chi connectivity index (χ1) is 8.70. The molecule has 1 saturated heterocycles. The minimum atomic E-state index is -0.782. The van der Waals surface area contributed by atoms with Crippen LogP contribution in [-0.4, -0.2) is 24.0 Å². The van der Waals surface area contributed by atoms with Crippen LogP contribution in [0.1, 0.15) is 30.9 Å². The first-order valence-electron chi connectivity index (χ1n) is 6.60. The fourth-order valence-electron chi connectivity index (χ4n) is 3.56. The van der Waals surface area contributed by atoms with Crippen LogP contribution in [0.25, 0.3) is 0 Å². The fraction of sp³-hybridized carbons (Fsp3) is 0.571. The summed E-state index contributed by atoms with van der Waals surface area (Å²) in [5.74, 6) is -0.799. The number of piperidine rings is 1. The molecule has 0 spiro atoms. The summed E-state index contributed by atoms with van der Waals surface area (Å²) < 4.78 is 27.2. The summed E-state index contributed by atoms with van der Waals surface area (Å²) in [6.07, 6.45) is 3.62. The van der Waals surface area contributed by atoms with E-state index in [4.69, 9.17) is 5.73 Å². The van der Waals surface area contributed by atoms with Gasteiger partial charge in [-0.2, -0.15) is 0 Å². The van der Waals surface area contributed by atoms with E-state index in [1.807, 2.05) is 0 Å². The van der Waals surface area contributed by atoms with Crippen LogP contribution in [-0.2, 0) is 0 Å². The van der Waals surface area contributed by atoms with Gasteiger partial charge in [-0.25, -0.2) is 8.78 Å². The van der Waals surface area contributed by atoms with Crippen LogP contribution < -0.4 is 5.73 Å². The fourth-order valence-corrected chi connectivity index (χ4v) is 3.56. The Hall–Kier alpha value is -1.00. The molecule has 1 aromatic carbocycles. The number of hydrogen-bond acceptors (Lipinski definition) is 2. The Labute approximate surface area is 106 Å². The van der Waals surface area contributed by atoms with Gasteiger partial charge >= 0.3 is 0 Å². The quantitative estimate of drug-likeness (QED) is 0.895. The number of hydrogen-bond donors (Lipinski definition) is 1. The molecule has 98 valence electrons. The van der Waals surface area contributed by atoms with E-state index >= 15 is 0 Å². The molecule has 2 nitrogen and oxygen atoms in total. The molecule has 2 bridgehead atoms. The lowest BCUT2D eigenvalue weighted by Gasteiger charge is -2.34. The molecule has 3 atom stereocenters. The molecule has 3 rings (SSSR count). The Kier molecular flexibility index (Phi) is 3.08. The Bertz CT molecular complexity index is 449. The number of nitrogens with two attached hydrogens (primary N) is 1. The third kappa shape index (κ3) is 1.84. The minimum Gasteiger partial charge on any atom is -0.329 e. The van der Waals surface area contributed by atoms with E-state index in [1.54, 1.807) is 12.1 Å². The smallest absolute Gasteiger partial charge is 0.163 e. The van der Waals surface area contributed by atoms with Crippen molar-refractivity contribution in [2.45, 2.75) is 31.3 Å². The second-order valence-corrected chi connectivity index (χ2v) is 5.42. The number of rotatable bonds is 3. The first-order valence-corrected chi connectivity index (χ1v) is 6.60. The molecular formula is C14H18F2N2. The molecule has 18 heavy (non-hydrogen) atoms. The minimum absolute atomic E-state index is 0.184. The largest absolute Gasteiger partial charge is 0.329 e. The highest BCUT2D eigenvalue weighted by Crippen LogP contribution is 2.42. The van der Waals surface area contributed by atoms with Crippen LogP contribution in [0.3, 0.4) is 0 Å². The first kappa shape index (κ1) is 12.1. The average Bonchev–Trinajstić information content (AvgIpc) is 2.98. The van der Waals surface area contributed by atoms with Crippen molar-refractivity contribution in [2.24, 2.45) is 11.7 Å². The predicted molar refractivity (Wildman–Crippen MR) is 66.0 cm³/mol. The summed E-state index contributed by atoms with van der Waals surface area (Å²) in [6.45, 7) is 1.31. The SMILES string of the molecule is NCC(c1cccc(F)c1F)N1CC2CCC1C2. The van der Waals surface area contributed by atoms with Crippen LogP contribution in [0.2, 0.25) is 0 Å². The van der Waals surface area contributed by atoms with E-state index in [9.17, 15) is 8.78 Å². The lowest BCUT2D eigenvalue weighted by molar-refractivity contribution is 0.149. The van der Waals surface area contributed by atoms with Gasteiger partial charge in [0, 0.05) is 24.7 Å². The molecular weight excluding hydrogens is 234 g/mol. The maximum atomic E-state index is 13.9. The van der Waals surface area contributed by atoms with Crippen LogP contribution >= 0.6 is 0 Å². The highest BCUT2D eigenvalue weighted by Gasteiger charge is 2.41.